The fraction of sp³-hybridized carbons (Fsp3) is 0.586. The van der Waals surface area contributed by atoms with Gasteiger partial charge in [0.25, 0.3) is 12.1 Å². The summed E-state index contributed by atoms with van der Waals surface area (Å²) in [5.74, 6) is 0.671. The van der Waals surface area contributed by atoms with Crippen molar-refractivity contribution >= 4 is 23.1 Å². The number of likely N-dealkylation sites (N-methyl/N-ethyl adjacent to an activating group) is 1. The van der Waals surface area contributed by atoms with E-state index in [2.05, 4.69) is 26.9 Å². The number of amides is 2. The lowest BCUT2D eigenvalue weighted by Gasteiger charge is -2.39. The van der Waals surface area contributed by atoms with Crippen LogP contribution in [0, 0.1) is 0 Å². The van der Waals surface area contributed by atoms with E-state index in [1.54, 1.807) is 24.5 Å². The molecule has 44 heavy (non-hydrogen) atoms. The quantitative estimate of drug-likeness (QED) is 0.421. The number of hydrogen-bond donors (Lipinski definition) is 0. The van der Waals surface area contributed by atoms with E-state index in [1.165, 1.54) is 7.11 Å². The van der Waals surface area contributed by atoms with Gasteiger partial charge in [0.15, 0.2) is 5.65 Å². The molecule has 0 spiro atoms. The molecule has 13 nitrogen and oxygen atoms in total. The number of alkyl halides is 2. The molecular weight excluding hydrogens is 574 g/mol. The average Bonchev–Trinajstić information content (AvgIpc) is 3.68. The monoisotopic (exact) mass is 610 g/mol. The number of rotatable bonds is 5. The zero-order chi connectivity index (χ0) is 30.4. The molecule has 0 radical (unpaired) electrons. The molecule has 4 aliphatic rings. The van der Waals surface area contributed by atoms with Crippen LogP contribution in [0.3, 0.4) is 0 Å². The van der Waals surface area contributed by atoms with Crippen molar-refractivity contribution < 1.29 is 23.0 Å². The first kappa shape index (κ1) is 28.8. The zero-order valence-electron chi connectivity index (χ0n) is 24.9. The summed E-state index contributed by atoms with van der Waals surface area (Å²) in [6.45, 7) is 6.37. The van der Waals surface area contributed by atoms with Crippen LogP contribution in [0.15, 0.2) is 34.5 Å². The van der Waals surface area contributed by atoms with Crippen molar-refractivity contribution in [2.45, 2.75) is 31.0 Å². The highest BCUT2D eigenvalue weighted by atomic mass is 19.3. The van der Waals surface area contributed by atoms with E-state index in [0.29, 0.717) is 74.9 Å². The third kappa shape index (κ3) is 4.91. The Morgan fingerprint density at radius 3 is 2.43 bits per heavy atom. The first-order valence-electron chi connectivity index (χ1n) is 15.1. The van der Waals surface area contributed by atoms with Gasteiger partial charge in [0.05, 0.1) is 32.0 Å². The van der Waals surface area contributed by atoms with Crippen LogP contribution in [0.5, 0.6) is 5.75 Å². The number of anilines is 1. The van der Waals surface area contributed by atoms with Crippen LogP contribution in [-0.2, 0) is 10.4 Å². The number of fused-ring (bicyclic) bond motifs is 2. The van der Waals surface area contributed by atoms with E-state index < -0.39 is 12.1 Å². The van der Waals surface area contributed by atoms with Crippen LogP contribution >= 0.6 is 0 Å². The van der Waals surface area contributed by atoms with E-state index >= 15 is 8.78 Å². The molecule has 0 saturated carbocycles. The third-order valence-corrected chi connectivity index (χ3v) is 9.03. The maximum Gasteiger partial charge on any atom is 0.320 e. The van der Waals surface area contributed by atoms with Crippen molar-refractivity contribution in [2.75, 3.05) is 84.6 Å². The van der Waals surface area contributed by atoms with Gasteiger partial charge in [0, 0.05) is 58.4 Å². The summed E-state index contributed by atoms with van der Waals surface area (Å²) in [7, 11) is 3.54. The molecule has 3 saturated heterocycles. The largest absolute Gasteiger partial charge is 0.494 e. The Kier molecular flexibility index (Phi) is 7.52. The summed E-state index contributed by atoms with van der Waals surface area (Å²) in [6.07, 6.45) is 0.0173. The number of urea groups is 1. The fourth-order valence-electron chi connectivity index (χ4n) is 6.43. The van der Waals surface area contributed by atoms with Gasteiger partial charge >= 0.3 is 6.03 Å². The lowest BCUT2D eigenvalue weighted by molar-refractivity contribution is 0.0557. The Morgan fingerprint density at radius 1 is 1.00 bits per heavy atom. The molecule has 2 amide bonds. The number of carbonyl (C=O) groups excluding carboxylic acids is 1. The number of nitrogens with zero attached hydrogens (tertiary/aromatic N) is 10. The molecule has 0 bridgehead atoms. The summed E-state index contributed by atoms with van der Waals surface area (Å²) >= 11 is 0. The van der Waals surface area contributed by atoms with Gasteiger partial charge in [-0.1, -0.05) is 6.07 Å². The van der Waals surface area contributed by atoms with Crippen LogP contribution in [-0.4, -0.2) is 126 Å². The molecule has 1 atom stereocenters. The standard InChI is InChI=1S/C29H36F2N10O3/c1-37-10-12-40(13-11-37)28(42)39-8-6-19(7-9-39)41-18-32-23-24(33-27(34-25(23)41)38-14-16-44-17-15-38)29(26(30)31)35-20-4-3-5-21(43-2)22(20)36-29/h3-5,18-19,26H,6-17H2,1-2H3. The molecule has 6 heterocycles. The highest BCUT2D eigenvalue weighted by Gasteiger charge is 2.48. The van der Waals surface area contributed by atoms with Crippen LogP contribution in [0.1, 0.15) is 24.6 Å². The molecule has 1 unspecified atom stereocenters. The van der Waals surface area contributed by atoms with Gasteiger partial charge in [-0.25, -0.2) is 33.5 Å². The molecule has 0 aliphatic carbocycles. The molecule has 3 fully saturated rings. The van der Waals surface area contributed by atoms with E-state index in [4.69, 9.17) is 19.4 Å². The zero-order valence-corrected chi connectivity index (χ0v) is 24.9. The van der Waals surface area contributed by atoms with Crippen molar-refractivity contribution in [1.29, 1.82) is 0 Å². The maximum atomic E-state index is 15.2. The third-order valence-electron chi connectivity index (χ3n) is 9.03. The lowest BCUT2D eigenvalue weighted by Crippen LogP contribution is -2.53. The van der Waals surface area contributed by atoms with Crippen LogP contribution < -0.4 is 20.4 Å². The summed E-state index contributed by atoms with van der Waals surface area (Å²) in [5, 5.41) is 0.563. The Morgan fingerprint density at radius 2 is 1.73 bits per heavy atom. The van der Waals surface area contributed by atoms with E-state index in [9.17, 15) is 4.79 Å². The van der Waals surface area contributed by atoms with Gasteiger partial charge in [0.2, 0.25) is 5.95 Å². The number of likely N-dealkylation sites (tertiary alicyclic amines) is 1. The number of halogens is 2. The minimum absolute atomic E-state index is 0.0194. The predicted octanol–water partition coefficient (Wildman–Crippen LogP) is 1.05. The number of aromatic nitrogens is 4. The molecule has 2 aromatic heterocycles. The molecule has 4 aliphatic heterocycles. The summed E-state index contributed by atoms with van der Waals surface area (Å²) in [5.41, 5.74) is -1.67. The summed E-state index contributed by atoms with van der Waals surface area (Å²) in [6, 6.07) is 5.06. The minimum atomic E-state index is -3.01. The molecule has 15 heteroatoms. The topological polar surface area (TPSA) is 117 Å². The SMILES string of the molecule is COc1cccc2c1=NC(c1nc(N3CCOCC3)nc3c1ncn3C1CCN(C(=O)N3CCN(C)CC3)CC1)(C(F)F)N=2. The number of carbonyl (C=O) groups is 1. The second kappa shape index (κ2) is 11.5. The van der Waals surface area contributed by atoms with Crippen molar-refractivity contribution in [1.82, 2.24) is 34.2 Å². The van der Waals surface area contributed by atoms with Gasteiger partial charge < -0.3 is 33.6 Å². The normalized spacial score (nSPS) is 23.2. The number of ether oxygens (including phenoxy) is 2. The van der Waals surface area contributed by atoms with Crippen molar-refractivity contribution in [3.05, 3.63) is 40.9 Å². The van der Waals surface area contributed by atoms with Crippen LogP contribution in [0.4, 0.5) is 19.5 Å². The Balaban J connectivity index is 1.26. The van der Waals surface area contributed by atoms with Crippen molar-refractivity contribution in [3.63, 3.8) is 0 Å². The van der Waals surface area contributed by atoms with E-state index in [-0.39, 0.29) is 28.6 Å². The number of morpholine rings is 1. The Labute approximate surface area is 252 Å². The number of para-hydroxylation sites is 1. The highest BCUT2D eigenvalue weighted by molar-refractivity contribution is 5.77. The number of hydrogen-bond acceptors (Lipinski definition) is 10. The van der Waals surface area contributed by atoms with Crippen molar-refractivity contribution in [3.8, 4) is 5.75 Å². The molecule has 7 rings (SSSR count). The lowest BCUT2D eigenvalue weighted by atomic mass is 10.0. The Bertz CT molecular complexity index is 1660. The number of imidazole rings is 1. The maximum absolute atomic E-state index is 15.2. The molecule has 1 aromatic carbocycles. The van der Waals surface area contributed by atoms with E-state index in [0.717, 1.165) is 26.2 Å². The minimum Gasteiger partial charge on any atom is -0.494 e. The van der Waals surface area contributed by atoms with Gasteiger partial charge in [-0.05, 0) is 32.0 Å². The number of methoxy groups -OCH3 is 1. The smallest absolute Gasteiger partial charge is 0.320 e. The second-order valence-electron chi connectivity index (χ2n) is 11.7. The molecule has 3 aromatic rings. The highest BCUT2D eigenvalue weighted by Crippen LogP contribution is 2.39. The first-order chi connectivity index (χ1) is 21.4. The van der Waals surface area contributed by atoms with Gasteiger partial charge in [-0.15, -0.1) is 0 Å². The molecule has 234 valence electrons. The van der Waals surface area contributed by atoms with Crippen LogP contribution in [0.2, 0.25) is 0 Å². The Hall–Kier alpha value is -3.98. The number of piperidine rings is 1. The van der Waals surface area contributed by atoms with Gasteiger partial charge in [-0.2, -0.15) is 4.98 Å². The first-order valence-corrected chi connectivity index (χ1v) is 15.1. The van der Waals surface area contributed by atoms with Crippen LogP contribution in [0.25, 0.3) is 11.2 Å². The van der Waals surface area contributed by atoms with Gasteiger partial charge in [-0.3, -0.25) is 0 Å². The average molecular weight is 611 g/mol. The predicted molar refractivity (Wildman–Crippen MR) is 156 cm³/mol. The molecular formula is C29H36F2N10O3. The fourth-order valence-corrected chi connectivity index (χ4v) is 6.43. The summed E-state index contributed by atoms with van der Waals surface area (Å²) < 4.78 is 43.4. The second-order valence-corrected chi connectivity index (χ2v) is 11.7. The number of piperazine rings is 1. The van der Waals surface area contributed by atoms with E-state index in [1.807, 2.05) is 19.3 Å². The number of benzene rings is 1. The van der Waals surface area contributed by atoms with Gasteiger partial charge in [0.1, 0.15) is 22.3 Å². The summed E-state index contributed by atoms with van der Waals surface area (Å²) in [4.78, 5) is 44.3. The molecule has 0 N–H and O–H groups in total. The van der Waals surface area contributed by atoms with Crippen molar-refractivity contribution in [2.24, 2.45) is 9.98 Å².